The zero-order chi connectivity index (χ0) is 18.5. The fraction of sp³-hybridized carbons (Fsp3) is 0.368. The van der Waals surface area contributed by atoms with Crippen molar-refractivity contribution in [1.82, 2.24) is 4.90 Å². The van der Waals surface area contributed by atoms with Gasteiger partial charge in [-0.3, -0.25) is 19.3 Å². The van der Waals surface area contributed by atoms with Crippen LogP contribution in [0.5, 0.6) is 0 Å². The molecule has 0 bridgehead atoms. The van der Waals surface area contributed by atoms with E-state index in [-0.39, 0.29) is 11.5 Å². The molecule has 25 heavy (non-hydrogen) atoms. The van der Waals surface area contributed by atoms with Crippen molar-refractivity contribution in [3.8, 4) is 6.07 Å². The van der Waals surface area contributed by atoms with Crippen LogP contribution >= 0.6 is 0 Å². The molecule has 1 aromatic rings. The van der Waals surface area contributed by atoms with E-state index in [2.05, 4.69) is 6.07 Å². The van der Waals surface area contributed by atoms with E-state index in [1.54, 1.807) is 17.0 Å². The Hall–Kier alpha value is -2.94. The molecule has 0 saturated heterocycles. The van der Waals surface area contributed by atoms with Crippen LogP contribution in [0.4, 0.5) is 5.69 Å². The van der Waals surface area contributed by atoms with Gasteiger partial charge in [0.2, 0.25) is 5.91 Å². The summed E-state index contributed by atoms with van der Waals surface area (Å²) in [5.74, 6) is -0.872. The molecule has 0 unspecified atom stereocenters. The van der Waals surface area contributed by atoms with Crippen LogP contribution in [-0.2, 0) is 20.8 Å². The van der Waals surface area contributed by atoms with E-state index in [0.717, 1.165) is 10.5 Å². The van der Waals surface area contributed by atoms with Gasteiger partial charge < -0.3 is 4.90 Å². The molecule has 2 aliphatic heterocycles. The maximum absolute atomic E-state index is 12.8. The highest BCUT2D eigenvalue weighted by Crippen LogP contribution is 2.40. The number of benzene rings is 1. The molecule has 1 aromatic carbocycles. The van der Waals surface area contributed by atoms with Crippen molar-refractivity contribution in [3.05, 3.63) is 34.9 Å². The largest absolute Gasteiger partial charge is 0.311 e. The number of amides is 3. The molecule has 0 aromatic heterocycles. The SMILES string of the molecule is CN1C(=O)C=C(c2cc(C#N)cc3c2N(C(=O)C(C)(C)C)CC3)C1=O. The highest BCUT2D eigenvalue weighted by atomic mass is 16.2. The van der Waals surface area contributed by atoms with Gasteiger partial charge in [0.15, 0.2) is 0 Å². The third-order valence-electron chi connectivity index (χ3n) is 4.50. The summed E-state index contributed by atoms with van der Waals surface area (Å²) in [7, 11) is 1.42. The van der Waals surface area contributed by atoms with Crippen molar-refractivity contribution >= 4 is 29.0 Å². The molecule has 3 amide bonds. The Bertz CT molecular complexity index is 884. The maximum atomic E-state index is 12.8. The quantitative estimate of drug-likeness (QED) is 0.733. The Balaban J connectivity index is 2.21. The van der Waals surface area contributed by atoms with Crippen molar-refractivity contribution in [3.63, 3.8) is 0 Å². The minimum Gasteiger partial charge on any atom is -0.311 e. The number of imide groups is 1. The number of carbonyl (C=O) groups excluding carboxylic acids is 3. The second-order valence-electron chi connectivity index (χ2n) is 7.36. The van der Waals surface area contributed by atoms with E-state index in [1.807, 2.05) is 20.8 Å². The molecule has 128 valence electrons. The second kappa shape index (κ2) is 5.55. The van der Waals surface area contributed by atoms with Crippen molar-refractivity contribution in [2.75, 3.05) is 18.5 Å². The lowest BCUT2D eigenvalue weighted by atomic mass is 9.93. The van der Waals surface area contributed by atoms with Crippen LogP contribution in [0.15, 0.2) is 18.2 Å². The van der Waals surface area contributed by atoms with Gasteiger partial charge in [-0.2, -0.15) is 5.26 Å². The summed E-state index contributed by atoms with van der Waals surface area (Å²) >= 11 is 0. The molecule has 0 aliphatic carbocycles. The minimum absolute atomic E-state index is 0.0528. The van der Waals surface area contributed by atoms with E-state index in [0.29, 0.717) is 29.8 Å². The van der Waals surface area contributed by atoms with Crippen molar-refractivity contribution < 1.29 is 14.4 Å². The average molecular weight is 337 g/mol. The molecule has 6 nitrogen and oxygen atoms in total. The number of nitrogens with zero attached hydrogens (tertiary/aromatic N) is 3. The van der Waals surface area contributed by atoms with Gasteiger partial charge in [0.1, 0.15) is 0 Å². The summed E-state index contributed by atoms with van der Waals surface area (Å²) in [4.78, 5) is 39.9. The Morgan fingerprint density at radius 1 is 1.24 bits per heavy atom. The number of hydrogen-bond acceptors (Lipinski definition) is 4. The first kappa shape index (κ1) is 16.9. The van der Waals surface area contributed by atoms with Crippen molar-refractivity contribution in [2.45, 2.75) is 27.2 Å². The molecular formula is C19H19N3O3. The van der Waals surface area contributed by atoms with Gasteiger partial charge in [-0.05, 0) is 24.1 Å². The van der Waals surface area contributed by atoms with Crippen LogP contribution in [0.3, 0.4) is 0 Å². The van der Waals surface area contributed by atoms with Gasteiger partial charge in [-0.1, -0.05) is 20.8 Å². The molecule has 6 heteroatoms. The lowest BCUT2D eigenvalue weighted by molar-refractivity contribution is -0.134. The van der Waals surface area contributed by atoms with Gasteiger partial charge in [-0.15, -0.1) is 0 Å². The van der Waals surface area contributed by atoms with Crippen LogP contribution < -0.4 is 4.90 Å². The lowest BCUT2D eigenvalue weighted by Gasteiger charge is -2.28. The van der Waals surface area contributed by atoms with Crippen LogP contribution in [0, 0.1) is 16.7 Å². The summed E-state index contributed by atoms with van der Waals surface area (Å²) in [6, 6.07) is 5.43. The molecule has 0 radical (unpaired) electrons. The summed E-state index contributed by atoms with van der Waals surface area (Å²) in [5.41, 5.74) is 2.03. The average Bonchev–Trinajstić information content (AvgIpc) is 3.09. The van der Waals surface area contributed by atoms with Crippen LogP contribution in [-0.4, -0.2) is 36.2 Å². The molecule has 0 fully saturated rings. The Labute approximate surface area is 146 Å². The number of nitriles is 1. The van der Waals surface area contributed by atoms with E-state index >= 15 is 0 Å². The smallest absolute Gasteiger partial charge is 0.261 e. The third-order valence-corrected chi connectivity index (χ3v) is 4.50. The monoisotopic (exact) mass is 337 g/mol. The third kappa shape index (κ3) is 2.62. The van der Waals surface area contributed by atoms with Crippen LogP contribution in [0.1, 0.15) is 37.5 Å². The van der Waals surface area contributed by atoms with Crippen molar-refractivity contribution in [2.24, 2.45) is 5.41 Å². The Morgan fingerprint density at radius 3 is 2.44 bits per heavy atom. The van der Waals surface area contributed by atoms with E-state index in [1.165, 1.54) is 13.1 Å². The number of rotatable bonds is 1. The van der Waals surface area contributed by atoms with Gasteiger partial charge in [0.25, 0.3) is 11.8 Å². The minimum atomic E-state index is -0.576. The van der Waals surface area contributed by atoms with E-state index < -0.39 is 17.2 Å². The lowest BCUT2D eigenvalue weighted by Crippen LogP contribution is -2.38. The molecule has 3 rings (SSSR count). The van der Waals surface area contributed by atoms with Crippen LogP contribution in [0.25, 0.3) is 5.57 Å². The second-order valence-corrected chi connectivity index (χ2v) is 7.36. The highest BCUT2D eigenvalue weighted by Gasteiger charge is 2.37. The Morgan fingerprint density at radius 2 is 1.92 bits per heavy atom. The predicted molar refractivity (Wildman–Crippen MR) is 92.4 cm³/mol. The number of carbonyl (C=O) groups is 3. The molecule has 0 saturated carbocycles. The van der Waals surface area contributed by atoms with Crippen LogP contribution in [0.2, 0.25) is 0 Å². The number of likely N-dealkylation sites (N-methyl/N-ethyl adjacent to an activating group) is 1. The highest BCUT2D eigenvalue weighted by molar-refractivity contribution is 6.34. The topological polar surface area (TPSA) is 81.5 Å². The predicted octanol–water partition coefficient (Wildman–Crippen LogP) is 1.88. The summed E-state index contributed by atoms with van der Waals surface area (Å²) in [5, 5.41) is 9.30. The maximum Gasteiger partial charge on any atom is 0.261 e. The van der Waals surface area contributed by atoms with Gasteiger partial charge in [0, 0.05) is 30.6 Å². The summed E-state index contributed by atoms with van der Waals surface area (Å²) in [6.45, 7) is 6.02. The standard InChI is InChI=1S/C19H19N3O3/c1-19(2,3)18(25)22-6-5-12-7-11(10-20)8-13(16(12)22)14-9-15(23)21(4)17(14)24/h7-9H,5-6H2,1-4H3. The van der Waals surface area contributed by atoms with Gasteiger partial charge >= 0.3 is 0 Å². The normalized spacial score (nSPS) is 16.8. The first-order chi connectivity index (χ1) is 11.6. The van der Waals surface area contributed by atoms with Gasteiger partial charge in [0.05, 0.1) is 22.9 Å². The van der Waals surface area contributed by atoms with Crippen molar-refractivity contribution in [1.29, 1.82) is 5.26 Å². The summed E-state index contributed by atoms with van der Waals surface area (Å²) < 4.78 is 0. The van der Waals surface area contributed by atoms with E-state index in [4.69, 9.17) is 0 Å². The number of hydrogen-bond donors (Lipinski definition) is 0. The summed E-state index contributed by atoms with van der Waals surface area (Å²) in [6.07, 6.45) is 1.89. The molecule has 0 spiro atoms. The van der Waals surface area contributed by atoms with E-state index in [9.17, 15) is 19.6 Å². The molecule has 0 atom stereocenters. The molecular weight excluding hydrogens is 318 g/mol. The molecule has 0 N–H and O–H groups in total. The fourth-order valence-corrected chi connectivity index (χ4v) is 3.18. The zero-order valence-electron chi connectivity index (χ0n) is 14.7. The molecule has 2 heterocycles. The number of fused-ring (bicyclic) bond motifs is 1. The zero-order valence-corrected chi connectivity index (χ0v) is 14.7. The first-order valence-electron chi connectivity index (χ1n) is 8.08. The van der Waals surface area contributed by atoms with Gasteiger partial charge in [-0.25, -0.2) is 0 Å². The first-order valence-corrected chi connectivity index (χ1v) is 8.08. The fourth-order valence-electron chi connectivity index (χ4n) is 3.18. The molecule has 2 aliphatic rings. The Kier molecular flexibility index (Phi) is 3.76. The number of anilines is 1.